The van der Waals surface area contributed by atoms with Crippen molar-refractivity contribution in [1.82, 2.24) is 5.32 Å². The van der Waals surface area contributed by atoms with Gasteiger partial charge in [0.05, 0.1) is 5.75 Å². The highest BCUT2D eigenvalue weighted by molar-refractivity contribution is 7.89. The van der Waals surface area contributed by atoms with Crippen LogP contribution in [0, 0.1) is 17.8 Å². The zero-order chi connectivity index (χ0) is 11.1. The first-order valence-electron chi connectivity index (χ1n) is 5.24. The van der Waals surface area contributed by atoms with Gasteiger partial charge in [-0.25, -0.2) is 13.6 Å². The third kappa shape index (κ3) is 2.92. The normalized spacial score (nSPS) is 33.5. The molecule has 0 saturated heterocycles. The molecule has 2 rings (SSSR count). The van der Waals surface area contributed by atoms with E-state index in [2.05, 4.69) is 5.32 Å². The van der Waals surface area contributed by atoms with Gasteiger partial charge in [0.1, 0.15) is 0 Å². The highest BCUT2D eigenvalue weighted by atomic mass is 32.2. The lowest BCUT2D eigenvalue weighted by molar-refractivity contribution is -0.124. The van der Waals surface area contributed by atoms with E-state index in [-0.39, 0.29) is 24.1 Å². The summed E-state index contributed by atoms with van der Waals surface area (Å²) in [6, 6.07) is 0. The minimum absolute atomic E-state index is 0.00847. The Morgan fingerprint density at radius 2 is 1.87 bits per heavy atom. The van der Waals surface area contributed by atoms with Crippen LogP contribution in [0.15, 0.2) is 0 Å². The van der Waals surface area contributed by atoms with Crippen LogP contribution in [-0.2, 0) is 14.8 Å². The Morgan fingerprint density at radius 3 is 2.40 bits per heavy atom. The zero-order valence-electron chi connectivity index (χ0n) is 8.48. The molecule has 0 aromatic rings. The topological polar surface area (TPSA) is 89.3 Å². The van der Waals surface area contributed by atoms with Gasteiger partial charge in [0.25, 0.3) is 0 Å². The van der Waals surface area contributed by atoms with Crippen LogP contribution in [0.2, 0.25) is 0 Å². The predicted molar refractivity (Wildman–Crippen MR) is 55.3 cm³/mol. The van der Waals surface area contributed by atoms with Gasteiger partial charge in [-0.1, -0.05) is 0 Å². The van der Waals surface area contributed by atoms with E-state index >= 15 is 0 Å². The fourth-order valence-electron chi connectivity index (χ4n) is 2.39. The summed E-state index contributed by atoms with van der Waals surface area (Å²) in [4.78, 5) is 11.6. The van der Waals surface area contributed by atoms with Crippen molar-refractivity contribution in [2.24, 2.45) is 22.9 Å². The summed E-state index contributed by atoms with van der Waals surface area (Å²) < 4.78 is 21.2. The first-order valence-corrected chi connectivity index (χ1v) is 6.95. The number of hydrogen-bond donors (Lipinski definition) is 2. The number of primary sulfonamides is 1. The van der Waals surface area contributed by atoms with Crippen molar-refractivity contribution >= 4 is 15.9 Å². The van der Waals surface area contributed by atoms with Crippen LogP contribution < -0.4 is 10.5 Å². The molecular formula is C9H16N2O3S. The molecule has 5 nitrogen and oxygen atoms in total. The standard InChI is InChI=1S/C9H16N2O3S/c10-15(13,14)2-1-11-9(12)8-4-6-3-7(6)5-8/h6-8H,1-5H2,(H,11,12)(H2,10,13,14). The van der Waals surface area contributed by atoms with E-state index in [1.165, 1.54) is 6.42 Å². The zero-order valence-corrected chi connectivity index (χ0v) is 9.29. The monoisotopic (exact) mass is 232 g/mol. The van der Waals surface area contributed by atoms with Crippen LogP contribution in [0.4, 0.5) is 0 Å². The molecule has 0 aromatic heterocycles. The van der Waals surface area contributed by atoms with Crippen LogP contribution in [0.25, 0.3) is 0 Å². The van der Waals surface area contributed by atoms with E-state index in [9.17, 15) is 13.2 Å². The first kappa shape index (κ1) is 10.9. The number of nitrogens with two attached hydrogens (primary N) is 1. The molecule has 2 saturated carbocycles. The average Bonchev–Trinajstić information content (AvgIpc) is 2.71. The van der Waals surface area contributed by atoms with Crippen LogP contribution in [0.1, 0.15) is 19.3 Å². The molecule has 0 bridgehead atoms. The van der Waals surface area contributed by atoms with Crippen molar-refractivity contribution < 1.29 is 13.2 Å². The number of sulfonamides is 1. The smallest absolute Gasteiger partial charge is 0.223 e. The van der Waals surface area contributed by atoms with Gasteiger partial charge in [-0.15, -0.1) is 0 Å². The van der Waals surface area contributed by atoms with Crippen LogP contribution in [-0.4, -0.2) is 26.6 Å². The fourth-order valence-corrected chi connectivity index (χ4v) is 2.78. The van der Waals surface area contributed by atoms with E-state index in [1.807, 2.05) is 0 Å². The number of rotatable bonds is 4. The molecule has 2 aliphatic carbocycles. The molecule has 0 aliphatic heterocycles. The maximum Gasteiger partial charge on any atom is 0.223 e. The molecule has 2 fully saturated rings. The Kier molecular flexibility index (Phi) is 2.72. The first-order chi connectivity index (χ1) is 6.96. The molecule has 86 valence electrons. The third-order valence-electron chi connectivity index (χ3n) is 3.30. The summed E-state index contributed by atoms with van der Waals surface area (Å²) in [5, 5.41) is 7.45. The van der Waals surface area contributed by atoms with Crippen LogP contribution >= 0.6 is 0 Å². The van der Waals surface area contributed by atoms with Gasteiger partial charge >= 0.3 is 0 Å². The Hall–Kier alpha value is -0.620. The molecule has 3 N–H and O–H groups in total. The quantitative estimate of drug-likeness (QED) is 0.680. The highest BCUT2D eigenvalue weighted by Crippen LogP contribution is 2.54. The summed E-state index contributed by atoms with van der Waals surface area (Å²) >= 11 is 0. The van der Waals surface area contributed by atoms with Gasteiger partial charge in [0.15, 0.2) is 0 Å². The Morgan fingerprint density at radius 1 is 1.27 bits per heavy atom. The van der Waals surface area contributed by atoms with Crippen molar-refractivity contribution in [3.63, 3.8) is 0 Å². The molecule has 0 spiro atoms. The fraction of sp³-hybridized carbons (Fsp3) is 0.889. The predicted octanol–water partition coefficient (Wildman–Crippen LogP) is -0.563. The Bertz CT molecular complexity index is 356. The van der Waals surface area contributed by atoms with Gasteiger partial charge in [-0.05, 0) is 31.1 Å². The van der Waals surface area contributed by atoms with Crippen molar-refractivity contribution in [2.75, 3.05) is 12.3 Å². The van der Waals surface area contributed by atoms with Gasteiger partial charge in [0, 0.05) is 12.5 Å². The largest absolute Gasteiger partial charge is 0.355 e. The molecule has 0 aromatic carbocycles. The van der Waals surface area contributed by atoms with Crippen molar-refractivity contribution in [3.05, 3.63) is 0 Å². The van der Waals surface area contributed by atoms with Gasteiger partial charge < -0.3 is 5.32 Å². The number of carbonyl (C=O) groups excluding carboxylic acids is 1. The number of amides is 1. The highest BCUT2D eigenvalue weighted by Gasteiger charge is 2.47. The molecule has 1 amide bonds. The SMILES string of the molecule is NS(=O)(=O)CCNC(=O)C1CC2CC2C1. The third-order valence-corrected chi connectivity index (χ3v) is 4.07. The van der Waals surface area contributed by atoms with E-state index in [0.29, 0.717) is 0 Å². The number of nitrogens with one attached hydrogen (secondary N) is 1. The molecule has 2 atom stereocenters. The van der Waals surface area contributed by atoms with Crippen molar-refractivity contribution in [1.29, 1.82) is 0 Å². The molecule has 15 heavy (non-hydrogen) atoms. The van der Waals surface area contributed by atoms with E-state index in [1.54, 1.807) is 0 Å². The summed E-state index contributed by atoms with van der Waals surface area (Å²) in [5.41, 5.74) is 0. The Labute approximate surface area is 89.5 Å². The maximum absolute atomic E-state index is 11.6. The van der Waals surface area contributed by atoms with Gasteiger partial charge in [-0.3, -0.25) is 4.79 Å². The molecule has 0 radical (unpaired) electrons. The second-order valence-electron chi connectivity index (χ2n) is 4.58. The summed E-state index contributed by atoms with van der Waals surface area (Å²) in [5.74, 6) is 1.44. The summed E-state index contributed by atoms with van der Waals surface area (Å²) in [6.45, 7) is 0.128. The number of carbonyl (C=O) groups is 1. The van der Waals surface area contributed by atoms with Crippen LogP contribution in [0.5, 0.6) is 0 Å². The summed E-state index contributed by atoms with van der Waals surface area (Å²) in [6.07, 6.45) is 3.23. The van der Waals surface area contributed by atoms with E-state index < -0.39 is 10.0 Å². The lowest BCUT2D eigenvalue weighted by Crippen LogP contribution is -2.35. The minimum Gasteiger partial charge on any atom is -0.355 e. The van der Waals surface area contributed by atoms with Crippen LogP contribution in [0.3, 0.4) is 0 Å². The van der Waals surface area contributed by atoms with E-state index in [4.69, 9.17) is 5.14 Å². The molecular weight excluding hydrogens is 216 g/mol. The molecule has 0 heterocycles. The Balaban J connectivity index is 1.69. The summed E-state index contributed by atoms with van der Waals surface area (Å²) in [7, 11) is -3.46. The van der Waals surface area contributed by atoms with Crippen molar-refractivity contribution in [3.8, 4) is 0 Å². The van der Waals surface area contributed by atoms with Gasteiger partial charge in [0.2, 0.25) is 15.9 Å². The molecule has 2 aliphatic rings. The molecule has 2 unspecified atom stereocenters. The minimum atomic E-state index is -3.46. The van der Waals surface area contributed by atoms with Gasteiger partial charge in [-0.2, -0.15) is 0 Å². The maximum atomic E-state index is 11.6. The lowest BCUT2D eigenvalue weighted by atomic mass is 10.0. The van der Waals surface area contributed by atoms with E-state index in [0.717, 1.165) is 24.7 Å². The molecule has 6 heteroatoms. The lowest BCUT2D eigenvalue weighted by Gasteiger charge is -2.11. The number of fused-ring (bicyclic) bond motifs is 1. The average molecular weight is 232 g/mol. The second kappa shape index (κ2) is 3.75. The number of hydrogen-bond acceptors (Lipinski definition) is 3. The van der Waals surface area contributed by atoms with Crippen molar-refractivity contribution in [2.45, 2.75) is 19.3 Å². The second-order valence-corrected chi connectivity index (χ2v) is 6.32.